The van der Waals surface area contributed by atoms with Gasteiger partial charge in [-0.3, -0.25) is 0 Å². The molecule has 2 aliphatic rings. The summed E-state index contributed by atoms with van der Waals surface area (Å²) in [5.74, 6) is -3.37. The Morgan fingerprint density at radius 3 is 1.97 bits per heavy atom. The van der Waals surface area contributed by atoms with Gasteiger partial charge < -0.3 is 4.74 Å². The minimum Gasteiger partial charge on any atom is -0.373 e. The van der Waals surface area contributed by atoms with Gasteiger partial charge in [-0.15, -0.1) is 0 Å². The molecule has 4 rings (SSSR count). The van der Waals surface area contributed by atoms with Gasteiger partial charge >= 0.3 is 0 Å². The van der Waals surface area contributed by atoms with Crippen LogP contribution in [0.2, 0.25) is 0 Å². The molecule has 2 atom stereocenters. The summed E-state index contributed by atoms with van der Waals surface area (Å²) in [4.78, 5) is 0. The van der Waals surface area contributed by atoms with Crippen LogP contribution in [0.3, 0.4) is 0 Å². The van der Waals surface area contributed by atoms with Gasteiger partial charge in [0, 0.05) is 22.6 Å². The van der Waals surface area contributed by atoms with E-state index in [4.69, 9.17) is 4.74 Å². The Balaban J connectivity index is 1.54. The fraction of sp³-hybridized carbons (Fsp3) is 0.517. The van der Waals surface area contributed by atoms with E-state index in [1.807, 2.05) is 19.1 Å². The Bertz CT molecular complexity index is 1020. The lowest BCUT2D eigenvalue weighted by atomic mass is 9.77. The molecule has 0 bridgehead atoms. The Morgan fingerprint density at radius 1 is 0.794 bits per heavy atom. The van der Waals surface area contributed by atoms with Gasteiger partial charge in [-0.1, -0.05) is 56.2 Å². The normalized spacial score (nSPS) is 25.7. The Labute approximate surface area is 200 Å². The maximum atomic E-state index is 15.1. The summed E-state index contributed by atoms with van der Waals surface area (Å²) in [5.41, 5.74) is -0.0402. The molecule has 1 saturated heterocycles. The first-order valence-electron chi connectivity index (χ1n) is 12.6. The molecule has 2 aromatic rings. The van der Waals surface area contributed by atoms with Gasteiger partial charge in [-0.25, -0.2) is 17.6 Å². The first-order valence-corrected chi connectivity index (χ1v) is 12.6. The van der Waals surface area contributed by atoms with Gasteiger partial charge in [0.2, 0.25) is 0 Å². The number of hydrogen-bond acceptors (Lipinski definition) is 1. The minimum atomic E-state index is -1.16. The van der Waals surface area contributed by atoms with E-state index >= 15 is 13.2 Å². The highest BCUT2D eigenvalue weighted by Gasteiger charge is 2.29. The molecule has 0 spiro atoms. The zero-order valence-corrected chi connectivity index (χ0v) is 20.1. The number of allylic oxidation sites excluding steroid dienone is 1. The van der Waals surface area contributed by atoms with Gasteiger partial charge in [-0.2, -0.15) is 0 Å². The predicted octanol–water partition coefficient (Wildman–Crippen LogP) is 9.03. The van der Waals surface area contributed by atoms with Crippen LogP contribution in [0.5, 0.6) is 0 Å². The van der Waals surface area contributed by atoms with Crippen LogP contribution in [0.4, 0.5) is 17.6 Å². The smallest absolute Gasteiger partial charge is 0.167 e. The molecule has 2 unspecified atom stereocenters. The van der Waals surface area contributed by atoms with Crippen molar-refractivity contribution >= 4 is 0 Å². The molecule has 1 saturated carbocycles. The van der Waals surface area contributed by atoms with Crippen molar-refractivity contribution in [1.82, 2.24) is 0 Å². The molecule has 0 N–H and O–H groups in total. The lowest BCUT2D eigenvalue weighted by Crippen LogP contribution is -2.20. The van der Waals surface area contributed by atoms with Crippen LogP contribution in [0.25, 0.3) is 11.1 Å². The molecular weight excluding hydrogens is 440 g/mol. The Morgan fingerprint density at radius 2 is 1.41 bits per heavy atom. The molecule has 1 nitrogen and oxygen atoms in total. The van der Waals surface area contributed by atoms with Gasteiger partial charge in [0.25, 0.3) is 0 Å². The summed E-state index contributed by atoms with van der Waals surface area (Å²) in [6.45, 7) is 4.54. The molecule has 1 aliphatic carbocycles. The van der Waals surface area contributed by atoms with E-state index in [0.717, 1.165) is 38.5 Å². The van der Waals surface area contributed by atoms with Crippen molar-refractivity contribution in [2.24, 2.45) is 11.8 Å². The largest absolute Gasteiger partial charge is 0.373 e. The van der Waals surface area contributed by atoms with E-state index in [0.29, 0.717) is 24.5 Å². The van der Waals surface area contributed by atoms with E-state index in [9.17, 15) is 4.39 Å². The summed E-state index contributed by atoms with van der Waals surface area (Å²) in [6, 6.07) is 5.72. The van der Waals surface area contributed by atoms with E-state index < -0.39 is 29.4 Å². The maximum Gasteiger partial charge on any atom is 0.167 e. The summed E-state index contributed by atoms with van der Waals surface area (Å²) in [6.07, 6.45) is 10.8. The summed E-state index contributed by atoms with van der Waals surface area (Å²) in [7, 11) is 0. The van der Waals surface area contributed by atoms with Crippen LogP contribution in [-0.2, 0) is 4.74 Å². The minimum absolute atomic E-state index is 0.0320. The summed E-state index contributed by atoms with van der Waals surface area (Å²) >= 11 is 0. The van der Waals surface area contributed by atoms with Crippen LogP contribution >= 0.6 is 0 Å². The molecule has 0 radical (unpaired) electrons. The highest BCUT2D eigenvalue weighted by atomic mass is 19.2. The van der Waals surface area contributed by atoms with Gasteiger partial charge in [-0.05, 0) is 62.8 Å². The lowest BCUT2D eigenvalue weighted by molar-refractivity contribution is -0.00743. The second-order valence-electron chi connectivity index (χ2n) is 9.85. The zero-order valence-electron chi connectivity index (χ0n) is 20.1. The van der Waals surface area contributed by atoms with Crippen molar-refractivity contribution < 1.29 is 22.3 Å². The van der Waals surface area contributed by atoms with Crippen molar-refractivity contribution in [3.8, 4) is 11.1 Å². The third-order valence-corrected chi connectivity index (χ3v) is 7.62. The summed E-state index contributed by atoms with van der Waals surface area (Å²) < 4.78 is 66.0. The van der Waals surface area contributed by atoms with E-state index in [2.05, 4.69) is 6.92 Å². The average Bonchev–Trinajstić information content (AvgIpc) is 2.85. The van der Waals surface area contributed by atoms with E-state index in [-0.39, 0.29) is 28.5 Å². The number of ether oxygens (including phenoxy) is 1. The van der Waals surface area contributed by atoms with E-state index in [1.165, 1.54) is 24.6 Å². The van der Waals surface area contributed by atoms with E-state index in [1.54, 1.807) is 6.07 Å². The third kappa shape index (κ3) is 5.10. The van der Waals surface area contributed by atoms with Crippen molar-refractivity contribution in [1.29, 1.82) is 0 Å². The molecule has 0 aromatic heterocycles. The average molecular weight is 475 g/mol. The first-order chi connectivity index (χ1) is 16.4. The highest BCUT2D eigenvalue weighted by molar-refractivity contribution is 5.66. The number of halogens is 4. The van der Waals surface area contributed by atoms with Gasteiger partial charge in [0.1, 0.15) is 0 Å². The SMILES string of the molecule is C/C=C/C1CCC(c2ccc(-c3ccc(C4CCC(CCC)CC4)c(F)c3F)c(F)c2F)OC1. The van der Waals surface area contributed by atoms with Crippen LogP contribution in [0.15, 0.2) is 36.4 Å². The first kappa shape index (κ1) is 25.0. The van der Waals surface area contributed by atoms with Crippen molar-refractivity contribution in [2.75, 3.05) is 6.61 Å². The monoisotopic (exact) mass is 474 g/mol. The van der Waals surface area contributed by atoms with Crippen molar-refractivity contribution in [2.45, 2.75) is 77.2 Å². The highest BCUT2D eigenvalue weighted by Crippen LogP contribution is 2.41. The van der Waals surface area contributed by atoms with Crippen LogP contribution in [0.1, 0.15) is 88.4 Å². The molecule has 0 amide bonds. The van der Waals surface area contributed by atoms with Crippen LogP contribution in [-0.4, -0.2) is 6.61 Å². The lowest BCUT2D eigenvalue weighted by Gasteiger charge is -2.29. The molecule has 1 aliphatic heterocycles. The molecular formula is C29H34F4O. The molecule has 2 fully saturated rings. The predicted molar refractivity (Wildman–Crippen MR) is 128 cm³/mol. The third-order valence-electron chi connectivity index (χ3n) is 7.62. The molecule has 1 heterocycles. The standard InChI is InChI=1S/C29H34F4O/c1-3-5-18-7-10-20(11-8-18)21-12-13-22(27(31)26(21)30)23-14-15-24(29(33)28(23)32)25-16-9-19(6-4-2)17-34-25/h4,6,12-15,18-20,25H,3,5,7-11,16-17H2,1-2H3/b6-4+. The number of hydrogen-bond donors (Lipinski definition) is 0. The van der Waals surface area contributed by atoms with Crippen LogP contribution in [0, 0.1) is 35.1 Å². The zero-order chi connectivity index (χ0) is 24.2. The quantitative estimate of drug-likeness (QED) is 0.300. The number of rotatable bonds is 6. The molecule has 34 heavy (non-hydrogen) atoms. The van der Waals surface area contributed by atoms with Gasteiger partial charge in [0.15, 0.2) is 23.3 Å². The fourth-order valence-electron chi connectivity index (χ4n) is 5.72. The molecule has 5 heteroatoms. The van der Waals surface area contributed by atoms with Gasteiger partial charge in [0.05, 0.1) is 12.7 Å². The summed E-state index contributed by atoms with van der Waals surface area (Å²) in [5, 5.41) is 0. The fourth-order valence-corrected chi connectivity index (χ4v) is 5.72. The Hall–Kier alpha value is -2.14. The molecule has 184 valence electrons. The second kappa shape index (κ2) is 11.1. The molecule has 2 aromatic carbocycles. The Kier molecular flexibility index (Phi) is 8.13. The maximum absolute atomic E-state index is 15.1. The van der Waals surface area contributed by atoms with Crippen molar-refractivity contribution in [3.63, 3.8) is 0 Å². The topological polar surface area (TPSA) is 9.23 Å². The number of benzene rings is 2. The van der Waals surface area contributed by atoms with Crippen molar-refractivity contribution in [3.05, 3.63) is 70.8 Å². The van der Waals surface area contributed by atoms with Crippen LogP contribution < -0.4 is 0 Å². The second-order valence-corrected chi connectivity index (χ2v) is 9.85.